The fourth-order valence-corrected chi connectivity index (χ4v) is 4.35. The number of furan rings is 1. The van der Waals surface area contributed by atoms with E-state index >= 15 is 0 Å². The lowest BCUT2D eigenvalue weighted by Crippen LogP contribution is -2.32. The molecule has 1 fully saturated rings. The van der Waals surface area contributed by atoms with Crippen molar-refractivity contribution in [2.75, 3.05) is 13.2 Å². The van der Waals surface area contributed by atoms with E-state index in [-0.39, 0.29) is 18.7 Å². The standard InChI is InChI=1S/C21H24N4O2S/c1-14-12-17(15(2)25(14)13-16-6-5-11-27-16)20-19(18-7-3-4-8-22-18)23-21(28)24(20)9-10-26/h3-8,11-12,19-20,26H,9-10,13H2,1-2H3,(H,23,28)/t19-,20-/m0/s1. The van der Waals surface area contributed by atoms with Crippen LogP contribution in [0.1, 0.15) is 40.5 Å². The molecule has 28 heavy (non-hydrogen) atoms. The maximum Gasteiger partial charge on any atom is 0.170 e. The monoisotopic (exact) mass is 396 g/mol. The van der Waals surface area contributed by atoms with Gasteiger partial charge in [-0.05, 0) is 62.0 Å². The highest BCUT2D eigenvalue weighted by atomic mass is 32.1. The third kappa shape index (κ3) is 3.31. The number of nitrogens with zero attached hydrogens (tertiary/aromatic N) is 3. The van der Waals surface area contributed by atoms with Crippen molar-refractivity contribution in [2.24, 2.45) is 0 Å². The lowest BCUT2D eigenvalue weighted by molar-refractivity contribution is 0.222. The van der Waals surface area contributed by atoms with Gasteiger partial charge in [-0.2, -0.15) is 0 Å². The summed E-state index contributed by atoms with van der Waals surface area (Å²) < 4.78 is 7.79. The number of aliphatic hydroxyl groups excluding tert-OH is 1. The largest absolute Gasteiger partial charge is 0.467 e. The molecule has 0 saturated carbocycles. The van der Waals surface area contributed by atoms with E-state index in [1.165, 1.54) is 5.56 Å². The second-order valence-electron chi connectivity index (χ2n) is 7.04. The summed E-state index contributed by atoms with van der Waals surface area (Å²) in [6.07, 6.45) is 3.50. The van der Waals surface area contributed by atoms with Crippen LogP contribution in [0.5, 0.6) is 0 Å². The van der Waals surface area contributed by atoms with E-state index < -0.39 is 0 Å². The molecular weight excluding hydrogens is 372 g/mol. The molecule has 7 heteroatoms. The van der Waals surface area contributed by atoms with Crippen LogP contribution in [0, 0.1) is 13.8 Å². The average Bonchev–Trinajstić information content (AvgIpc) is 3.39. The van der Waals surface area contributed by atoms with Crippen LogP contribution in [0.15, 0.2) is 53.3 Å². The third-order valence-corrected chi connectivity index (χ3v) is 5.72. The summed E-state index contributed by atoms with van der Waals surface area (Å²) in [6.45, 7) is 5.43. The summed E-state index contributed by atoms with van der Waals surface area (Å²) >= 11 is 5.59. The molecule has 2 atom stereocenters. The van der Waals surface area contributed by atoms with Crippen LogP contribution < -0.4 is 5.32 Å². The Morgan fingerprint density at radius 3 is 2.79 bits per heavy atom. The third-order valence-electron chi connectivity index (χ3n) is 5.36. The van der Waals surface area contributed by atoms with Crippen LogP contribution in [0.3, 0.4) is 0 Å². The molecule has 3 aromatic rings. The Morgan fingerprint density at radius 1 is 1.25 bits per heavy atom. The van der Waals surface area contributed by atoms with Gasteiger partial charge in [0.2, 0.25) is 0 Å². The summed E-state index contributed by atoms with van der Waals surface area (Å²) in [6, 6.07) is 11.9. The molecule has 0 bridgehead atoms. The number of aliphatic hydroxyl groups is 1. The maximum atomic E-state index is 9.60. The summed E-state index contributed by atoms with van der Waals surface area (Å²) in [7, 11) is 0. The minimum absolute atomic E-state index is 0.0360. The van der Waals surface area contributed by atoms with Gasteiger partial charge in [0.15, 0.2) is 5.11 Å². The minimum atomic E-state index is -0.0715. The van der Waals surface area contributed by atoms with Crippen LogP contribution >= 0.6 is 12.2 Å². The van der Waals surface area contributed by atoms with Gasteiger partial charge in [-0.15, -0.1) is 0 Å². The van der Waals surface area contributed by atoms with Crippen molar-refractivity contribution < 1.29 is 9.52 Å². The number of nitrogens with one attached hydrogen (secondary N) is 1. The Hall–Kier alpha value is -2.64. The Labute approximate surface area is 169 Å². The Morgan fingerprint density at radius 2 is 2.11 bits per heavy atom. The molecule has 146 valence electrons. The second kappa shape index (κ2) is 7.77. The Bertz CT molecular complexity index is 952. The molecule has 4 rings (SSSR count). The van der Waals surface area contributed by atoms with E-state index in [4.69, 9.17) is 16.6 Å². The number of hydrogen-bond donors (Lipinski definition) is 2. The zero-order chi connectivity index (χ0) is 19.7. The molecule has 0 radical (unpaired) electrons. The van der Waals surface area contributed by atoms with Gasteiger partial charge in [0.05, 0.1) is 37.2 Å². The Kier molecular flexibility index (Phi) is 5.19. The highest BCUT2D eigenvalue weighted by Gasteiger charge is 2.41. The lowest BCUT2D eigenvalue weighted by atomic mass is 9.97. The molecule has 0 aliphatic carbocycles. The molecule has 0 aromatic carbocycles. The van der Waals surface area contributed by atoms with Gasteiger partial charge in [-0.3, -0.25) is 4.98 Å². The molecule has 3 aromatic heterocycles. The topological polar surface area (TPSA) is 66.5 Å². The van der Waals surface area contributed by atoms with Crippen LogP contribution in [0.4, 0.5) is 0 Å². The van der Waals surface area contributed by atoms with Gasteiger partial charge in [0.1, 0.15) is 5.76 Å². The molecular formula is C21H24N4O2S. The van der Waals surface area contributed by atoms with Crippen LogP contribution in [-0.4, -0.2) is 37.8 Å². The summed E-state index contributed by atoms with van der Waals surface area (Å²) in [4.78, 5) is 6.62. The van der Waals surface area contributed by atoms with Crippen molar-refractivity contribution in [3.05, 3.63) is 77.3 Å². The van der Waals surface area contributed by atoms with Crippen LogP contribution in [0.2, 0.25) is 0 Å². The fourth-order valence-electron chi connectivity index (χ4n) is 4.02. The fraction of sp³-hybridized carbons (Fsp3) is 0.333. The van der Waals surface area contributed by atoms with Gasteiger partial charge in [0.25, 0.3) is 0 Å². The van der Waals surface area contributed by atoms with Crippen LogP contribution in [-0.2, 0) is 6.54 Å². The molecule has 0 amide bonds. The van der Waals surface area contributed by atoms with Crippen molar-refractivity contribution in [3.8, 4) is 0 Å². The minimum Gasteiger partial charge on any atom is -0.467 e. The van der Waals surface area contributed by atoms with Crippen molar-refractivity contribution in [2.45, 2.75) is 32.5 Å². The SMILES string of the molecule is Cc1cc([C@H]2[C@H](c3ccccn3)NC(=S)N2CCO)c(C)n1Cc1ccco1. The van der Waals surface area contributed by atoms with Gasteiger partial charge in [-0.1, -0.05) is 6.07 Å². The molecule has 1 aliphatic rings. The number of β-amino-alcohol motifs (C(OH)–C–C–N with tert-alkyl or cyclic N) is 1. The second-order valence-corrected chi connectivity index (χ2v) is 7.42. The van der Waals surface area contributed by atoms with Crippen molar-refractivity contribution >= 4 is 17.3 Å². The summed E-state index contributed by atoms with van der Waals surface area (Å²) in [5.41, 5.74) is 4.44. The molecule has 6 nitrogen and oxygen atoms in total. The first-order valence-corrected chi connectivity index (χ1v) is 9.79. The number of aromatic nitrogens is 2. The molecule has 1 aliphatic heterocycles. The van der Waals surface area contributed by atoms with Gasteiger partial charge < -0.3 is 24.3 Å². The number of hydrogen-bond acceptors (Lipinski definition) is 4. The number of rotatable bonds is 6. The summed E-state index contributed by atoms with van der Waals surface area (Å²) in [5, 5.41) is 13.7. The molecule has 1 saturated heterocycles. The van der Waals surface area contributed by atoms with E-state index in [1.54, 1.807) is 12.5 Å². The van der Waals surface area contributed by atoms with Crippen molar-refractivity contribution in [3.63, 3.8) is 0 Å². The van der Waals surface area contributed by atoms with Gasteiger partial charge in [0, 0.05) is 24.1 Å². The highest BCUT2D eigenvalue weighted by Crippen LogP contribution is 2.40. The van der Waals surface area contributed by atoms with E-state index in [0.717, 1.165) is 22.8 Å². The van der Waals surface area contributed by atoms with Gasteiger partial charge >= 0.3 is 0 Å². The molecule has 0 unspecified atom stereocenters. The number of thiocarbonyl (C=S) groups is 1. The Balaban J connectivity index is 1.76. The first-order chi connectivity index (χ1) is 13.6. The first-order valence-electron chi connectivity index (χ1n) is 9.38. The van der Waals surface area contributed by atoms with E-state index in [9.17, 15) is 5.11 Å². The smallest absolute Gasteiger partial charge is 0.170 e. The van der Waals surface area contributed by atoms with E-state index in [1.807, 2.05) is 30.3 Å². The lowest BCUT2D eigenvalue weighted by Gasteiger charge is -2.27. The first kappa shape index (κ1) is 18.7. The molecule has 0 spiro atoms. The maximum absolute atomic E-state index is 9.60. The molecule has 2 N–H and O–H groups in total. The zero-order valence-electron chi connectivity index (χ0n) is 16.0. The quantitative estimate of drug-likeness (QED) is 0.624. The predicted molar refractivity (Wildman–Crippen MR) is 111 cm³/mol. The average molecular weight is 397 g/mol. The summed E-state index contributed by atoms with van der Waals surface area (Å²) in [5.74, 6) is 0.918. The van der Waals surface area contributed by atoms with E-state index in [2.05, 4.69) is 39.7 Å². The van der Waals surface area contributed by atoms with Crippen molar-refractivity contribution in [1.82, 2.24) is 19.8 Å². The predicted octanol–water partition coefficient (Wildman–Crippen LogP) is 3.11. The molecule has 4 heterocycles. The zero-order valence-corrected chi connectivity index (χ0v) is 16.8. The van der Waals surface area contributed by atoms with Crippen LogP contribution in [0.25, 0.3) is 0 Å². The van der Waals surface area contributed by atoms with Crippen molar-refractivity contribution in [1.29, 1.82) is 0 Å². The highest BCUT2D eigenvalue weighted by molar-refractivity contribution is 7.80. The number of pyridine rings is 1. The normalized spacial score (nSPS) is 19.2. The van der Waals surface area contributed by atoms with E-state index in [0.29, 0.717) is 18.2 Å². The van der Waals surface area contributed by atoms with Gasteiger partial charge in [-0.25, -0.2) is 0 Å². The number of aryl methyl sites for hydroxylation is 1.